The van der Waals surface area contributed by atoms with Crippen LogP contribution in [0.2, 0.25) is 0 Å². The van der Waals surface area contributed by atoms with E-state index in [1.807, 2.05) is 28.5 Å². The minimum Gasteiger partial charge on any atom is -0.321 e. The van der Waals surface area contributed by atoms with Crippen LogP contribution in [0.3, 0.4) is 0 Å². The van der Waals surface area contributed by atoms with E-state index >= 15 is 0 Å². The van der Waals surface area contributed by atoms with Crippen molar-refractivity contribution in [2.24, 2.45) is 5.73 Å². The molecule has 1 aliphatic carbocycles. The molecule has 2 heterocycles. The van der Waals surface area contributed by atoms with Crippen molar-refractivity contribution in [1.82, 2.24) is 18.8 Å². The van der Waals surface area contributed by atoms with E-state index in [-0.39, 0.29) is 10.4 Å². The zero-order valence-corrected chi connectivity index (χ0v) is 21.4. The highest BCUT2D eigenvalue weighted by Gasteiger charge is 2.34. The van der Waals surface area contributed by atoms with Gasteiger partial charge in [-0.15, -0.1) is 4.24 Å². The number of hydrogen-bond donors (Lipinski definition) is 2. The number of benzene rings is 3. The highest BCUT2D eigenvalue weighted by Crippen LogP contribution is 2.40. The van der Waals surface area contributed by atoms with Gasteiger partial charge in [0, 0.05) is 22.2 Å². The van der Waals surface area contributed by atoms with E-state index in [1.54, 1.807) is 22.8 Å². The quantitative estimate of drug-likeness (QED) is 0.283. The first-order valence-electron chi connectivity index (χ1n) is 11.9. The number of nitrogens with zero attached hydrogens (tertiary/aromatic N) is 3. The molecule has 1 fully saturated rings. The van der Waals surface area contributed by atoms with E-state index in [4.69, 9.17) is 22.6 Å². The Morgan fingerprint density at radius 2 is 1.57 bits per heavy atom. The van der Waals surface area contributed by atoms with Gasteiger partial charge in [0.15, 0.2) is 5.65 Å². The van der Waals surface area contributed by atoms with Crippen LogP contribution in [0.4, 0.5) is 0 Å². The topological polar surface area (TPSA) is 102 Å². The molecule has 1 saturated carbocycles. The molecule has 7 nitrogen and oxygen atoms in total. The van der Waals surface area contributed by atoms with E-state index in [2.05, 4.69) is 41.4 Å². The van der Waals surface area contributed by atoms with Gasteiger partial charge >= 0.3 is 0 Å². The standard InChI is InChI=1S/C28H24ClN5O2S/c29-33-37(35,36)23-13-9-20(10-14-23)25-18-31-26-17-24(19-5-2-1-3-6-19)27(32-34(25)26)21-7-11-22(12-8-21)28(30)15-4-16-28/h1-3,5-14,17-18,33H,4,15-16,30H2. The van der Waals surface area contributed by atoms with Crippen molar-refractivity contribution in [3.63, 3.8) is 0 Å². The minimum atomic E-state index is -3.75. The van der Waals surface area contributed by atoms with Gasteiger partial charge in [-0.3, -0.25) is 0 Å². The molecule has 0 bridgehead atoms. The van der Waals surface area contributed by atoms with Crippen LogP contribution in [0.15, 0.2) is 96.0 Å². The summed E-state index contributed by atoms with van der Waals surface area (Å²) in [7, 11) is -3.75. The van der Waals surface area contributed by atoms with Crippen molar-refractivity contribution in [3.8, 4) is 33.6 Å². The Labute approximate surface area is 220 Å². The smallest absolute Gasteiger partial charge is 0.253 e. The maximum absolute atomic E-state index is 12.0. The van der Waals surface area contributed by atoms with Crippen LogP contribution in [-0.2, 0) is 15.6 Å². The summed E-state index contributed by atoms with van der Waals surface area (Å²) in [4.78, 5) is 4.67. The van der Waals surface area contributed by atoms with Crippen LogP contribution < -0.4 is 9.97 Å². The summed E-state index contributed by atoms with van der Waals surface area (Å²) in [5, 5.41) is 5.04. The van der Waals surface area contributed by atoms with Crippen molar-refractivity contribution < 1.29 is 8.42 Å². The number of aromatic nitrogens is 3. The third kappa shape index (κ3) is 4.22. The van der Waals surface area contributed by atoms with E-state index in [9.17, 15) is 8.42 Å². The number of fused-ring (bicyclic) bond motifs is 1. The molecule has 3 N–H and O–H groups in total. The van der Waals surface area contributed by atoms with Crippen molar-refractivity contribution >= 4 is 27.4 Å². The molecular weight excluding hydrogens is 506 g/mol. The normalized spacial score (nSPS) is 15.0. The maximum Gasteiger partial charge on any atom is 0.253 e. The molecule has 0 radical (unpaired) electrons. The van der Waals surface area contributed by atoms with Gasteiger partial charge in [-0.05, 0) is 60.4 Å². The molecule has 2 aromatic heterocycles. The van der Waals surface area contributed by atoms with Gasteiger partial charge in [-0.25, -0.2) is 17.9 Å². The lowest BCUT2D eigenvalue weighted by atomic mass is 9.72. The highest BCUT2D eigenvalue weighted by atomic mass is 35.5. The SMILES string of the molecule is NC1(c2ccc(-c3nn4c(-c5ccc(S(=O)(=O)NCl)cc5)cnc4cc3-c3ccccc3)cc2)CCC1. The van der Waals surface area contributed by atoms with E-state index < -0.39 is 10.0 Å². The fraction of sp³-hybridized carbons (Fsp3) is 0.143. The van der Waals surface area contributed by atoms with Crippen molar-refractivity contribution in [3.05, 3.63) is 96.7 Å². The van der Waals surface area contributed by atoms with Gasteiger partial charge in [0.25, 0.3) is 10.0 Å². The fourth-order valence-corrected chi connectivity index (χ4v) is 5.67. The van der Waals surface area contributed by atoms with Crippen LogP contribution in [0.1, 0.15) is 24.8 Å². The molecule has 0 spiro atoms. The Morgan fingerprint density at radius 1 is 0.892 bits per heavy atom. The summed E-state index contributed by atoms with van der Waals surface area (Å²) in [5.41, 5.74) is 13.5. The highest BCUT2D eigenvalue weighted by molar-refractivity contribution is 7.90. The summed E-state index contributed by atoms with van der Waals surface area (Å²) >= 11 is 5.36. The van der Waals surface area contributed by atoms with Gasteiger partial charge in [-0.2, -0.15) is 5.10 Å². The van der Waals surface area contributed by atoms with Gasteiger partial charge < -0.3 is 5.73 Å². The molecule has 0 amide bonds. The van der Waals surface area contributed by atoms with Crippen molar-refractivity contribution in [1.29, 1.82) is 0 Å². The summed E-state index contributed by atoms with van der Waals surface area (Å²) in [6.45, 7) is 0. The second-order valence-corrected chi connectivity index (χ2v) is 11.5. The van der Waals surface area contributed by atoms with E-state index in [0.29, 0.717) is 5.65 Å². The maximum atomic E-state index is 12.0. The van der Waals surface area contributed by atoms with Crippen LogP contribution in [0.25, 0.3) is 39.3 Å². The Balaban J connectivity index is 1.49. The van der Waals surface area contributed by atoms with Crippen molar-refractivity contribution in [2.45, 2.75) is 29.7 Å². The molecule has 6 rings (SSSR count). The van der Waals surface area contributed by atoms with Gasteiger partial charge in [0.2, 0.25) is 0 Å². The van der Waals surface area contributed by atoms with Crippen LogP contribution >= 0.6 is 11.8 Å². The first kappa shape index (κ1) is 23.8. The summed E-state index contributed by atoms with van der Waals surface area (Å²) < 4.78 is 27.6. The fourth-order valence-electron chi connectivity index (χ4n) is 4.82. The summed E-state index contributed by atoms with van der Waals surface area (Å²) in [6, 6.07) is 26.9. The Bertz CT molecular complexity index is 1700. The second-order valence-electron chi connectivity index (χ2n) is 9.38. The third-order valence-electron chi connectivity index (χ3n) is 7.12. The Kier molecular flexibility index (Phi) is 5.84. The largest absolute Gasteiger partial charge is 0.321 e. The Hall–Kier alpha value is -3.56. The molecule has 0 aliphatic heterocycles. The average molecular weight is 530 g/mol. The number of nitrogens with one attached hydrogen (secondary N) is 1. The zero-order valence-electron chi connectivity index (χ0n) is 19.8. The third-order valence-corrected chi connectivity index (χ3v) is 8.82. The van der Waals surface area contributed by atoms with Gasteiger partial charge in [-0.1, -0.05) is 66.7 Å². The summed E-state index contributed by atoms with van der Waals surface area (Å²) in [6.07, 6.45) is 4.91. The van der Waals surface area contributed by atoms with Gasteiger partial charge in [0.05, 0.1) is 22.5 Å². The molecule has 37 heavy (non-hydrogen) atoms. The molecule has 0 unspecified atom stereocenters. The minimum absolute atomic E-state index is 0.0734. The predicted octanol–water partition coefficient (Wildman–Crippen LogP) is 5.50. The Morgan fingerprint density at radius 3 is 2.19 bits per heavy atom. The van der Waals surface area contributed by atoms with Crippen LogP contribution in [0.5, 0.6) is 0 Å². The molecule has 186 valence electrons. The van der Waals surface area contributed by atoms with E-state index in [0.717, 1.165) is 58.5 Å². The molecular formula is C28H24ClN5O2S. The van der Waals surface area contributed by atoms with Gasteiger partial charge in [0.1, 0.15) is 0 Å². The number of imidazole rings is 1. The van der Waals surface area contributed by atoms with Crippen LogP contribution in [0, 0.1) is 0 Å². The molecule has 5 aromatic rings. The van der Waals surface area contributed by atoms with Crippen LogP contribution in [-0.4, -0.2) is 23.0 Å². The molecule has 1 aliphatic rings. The second kappa shape index (κ2) is 9.08. The lowest BCUT2D eigenvalue weighted by Gasteiger charge is -2.38. The van der Waals surface area contributed by atoms with Crippen molar-refractivity contribution in [2.75, 3.05) is 0 Å². The molecule has 3 aromatic carbocycles. The molecule has 0 atom stereocenters. The molecule has 0 saturated heterocycles. The average Bonchev–Trinajstić information content (AvgIpc) is 3.34. The van der Waals surface area contributed by atoms with E-state index in [1.165, 1.54) is 12.1 Å². The number of hydrogen-bond acceptors (Lipinski definition) is 5. The lowest BCUT2D eigenvalue weighted by Crippen LogP contribution is -2.43. The number of rotatable bonds is 6. The lowest BCUT2D eigenvalue weighted by molar-refractivity contribution is 0.253. The first-order chi connectivity index (χ1) is 17.9. The predicted molar refractivity (Wildman–Crippen MR) is 145 cm³/mol. The number of sulfonamides is 1. The monoisotopic (exact) mass is 529 g/mol. The zero-order chi connectivity index (χ0) is 25.6. The first-order valence-corrected chi connectivity index (χ1v) is 13.8. The summed E-state index contributed by atoms with van der Waals surface area (Å²) in [5.74, 6) is 0. The number of halogens is 1. The molecule has 9 heteroatoms. The number of nitrogens with two attached hydrogens (primary N) is 1.